The van der Waals surface area contributed by atoms with Crippen molar-refractivity contribution in [3.63, 3.8) is 0 Å². The van der Waals surface area contributed by atoms with E-state index >= 15 is 0 Å². The maximum Gasteiger partial charge on any atom is 0.387 e. The highest BCUT2D eigenvalue weighted by Crippen LogP contribution is 2.26. The third kappa shape index (κ3) is 6.51. The summed E-state index contributed by atoms with van der Waals surface area (Å²) in [5.41, 5.74) is 0.591. The second kappa shape index (κ2) is 10.6. The van der Waals surface area contributed by atoms with E-state index in [0.717, 1.165) is 6.42 Å². The topological polar surface area (TPSA) is 54.9 Å². The highest BCUT2D eigenvalue weighted by Gasteiger charge is 2.12. The molecule has 1 aromatic heterocycles. The Morgan fingerprint density at radius 1 is 1.23 bits per heavy atom. The minimum absolute atomic E-state index is 0.0924. The zero-order valence-corrected chi connectivity index (χ0v) is 15.6. The van der Waals surface area contributed by atoms with Gasteiger partial charge in [0.1, 0.15) is 11.5 Å². The van der Waals surface area contributed by atoms with Crippen molar-refractivity contribution < 1.29 is 18.3 Å². The van der Waals surface area contributed by atoms with E-state index in [9.17, 15) is 8.78 Å². The Kier molecular flexibility index (Phi) is 8.14. The van der Waals surface area contributed by atoms with Gasteiger partial charge in [0.2, 0.25) is 0 Å². The van der Waals surface area contributed by atoms with Crippen LogP contribution in [0.2, 0.25) is 0 Å². The first-order valence-electron chi connectivity index (χ1n) is 8.29. The summed E-state index contributed by atoms with van der Waals surface area (Å²) in [6, 6.07) is 8.94. The summed E-state index contributed by atoms with van der Waals surface area (Å²) in [6.07, 6.45) is 0.834. The molecule has 1 aromatic carbocycles. The fraction of sp³-hybridized carbons (Fsp3) is 0.389. The number of ether oxygens (including phenoxy) is 2. The molecule has 1 heterocycles. The molecule has 0 radical (unpaired) electrons. The van der Waals surface area contributed by atoms with E-state index in [1.807, 2.05) is 24.4 Å². The summed E-state index contributed by atoms with van der Waals surface area (Å²) in [5, 5.41) is 8.28. The minimum atomic E-state index is -2.90. The number of hydrogen-bond donors (Lipinski definition) is 2. The van der Waals surface area contributed by atoms with Gasteiger partial charge >= 0.3 is 6.61 Å². The van der Waals surface area contributed by atoms with Gasteiger partial charge in [0.15, 0.2) is 5.96 Å². The largest absolute Gasteiger partial charge is 0.493 e. The molecule has 0 saturated heterocycles. The van der Waals surface area contributed by atoms with Crippen molar-refractivity contribution in [2.75, 3.05) is 13.7 Å². The number of aliphatic imine (C=N–C) groups is 1. The van der Waals surface area contributed by atoms with Crippen LogP contribution in [-0.2, 0) is 13.1 Å². The number of thiophene rings is 1. The first kappa shape index (κ1) is 20.0. The molecule has 2 rings (SSSR count). The van der Waals surface area contributed by atoms with E-state index in [-0.39, 0.29) is 5.75 Å². The number of nitrogens with one attached hydrogen (secondary N) is 2. The number of halogens is 2. The highest BCUT2D eigenvalue weighted by molar-refractivity contribution is 7.09. The van der Waals surface area contributed by atoms with Crippen LogP contribution < -0.4 is 20.1 Å². The fourth-order valence-corrected chi connectivity index (χ4v) is 2.82. The van der Waals surface area contributed by atoms with Crippen LogP contribution in [0, 0.1) is 0 Å². The van der Waals surface area contributed by atoms with Gasteiger partial charge in [-0.05, 0) is 30.0 Å². The summed E-state index contributed by atoms with van der Waals surface area (Å²) in [7, 11) is 1.65. The van der Waals surface area contributed by atoms with Crippen LogP contribution in [0.4, 0.5) is 8.78 Å². The normalized spacial score (nSPS) is 11.5. The molecule has 0 aliphatic rings. The zero-order valence-electron chi connectivity index (χ0n) is 14.8. The molecule has 0 aliphatic heterocycles. The molecule has 0 fully saturated rings. The van der Waals surface area contributed by atoms with Crippen LogP contribution in [0.5, 0.6) is 11.5 Å². The van der Waals surface area contributed by atoms with Gasteiger partial charge in [-0.3, -0.25) is 4.99 Å². The van der Waals surface area contributed by atoms with Crippen LogP contribution >= 0.6 is 11.3 Å². The summed E-state index contributed by atoms with van der Waals surface area (Å²) >= 11 is 1.64. The fourth-order valence-electron chi connectivity index (χ4n) is 2.18. The van der Waals surface area contributed by atoms with E-state index in [0.29, 0.717) is 37.0 Å². The predicted octanol–water partition coefficient (Wildman–Crippen LogP) is 4.00. The molecule has 26 heavy (non-hydrogen) atoms. The molecule has 0 spiro atoms. The zero-order chi connectivity index (χ0) is 18.8. The molecule has 0 amide bonds. The van der Waals surface area contributed by atoms with E-state index in [4.69, 9.17) is 4.74 Å². The lowest BCUT2D eigenvalue weighted by Crippen LogP contribution is -2.36. The summed E-state index contributed by atoms with van der Waals surface area (Å²) in [4.78, 5) is 5.31. The molecular formula is C18H23F2N3O2S. The molecule has 142 valence electrons. The smallest absolute Gasteiger partial charge is 0.387 e. The third-order valence-corrected chi connectivity index (χ3v) is 4.28. The van der Waals surface area contributed by atoms with Gasteiger partial charge in [0.25, 0.3) is 0 Å². The van der Waals surface area contributed by atoms with Gasteiger partial charge in [-0.15, -0.1) is 11.3 Å². The molecular weight excluding hydrogens is 360 g/mol. The molecule has 2 N–H and O–H groups in total. The molecule has 0 saturated carbocycles. The van der Waals surface area contributed by atoms with Crippen molar-refractivity contribution in [3.8, 4) is 11.5 Å². The van der Waals surface area contributed by atoms with Crippen molar-refractivity contribution in [3.05, 3.63) is 46.2 Å². The van der Waals surface area contributed by atoms with Gasteiger partial charge < -0.3 is 20.1 Å². The van der Waals surface area contributed by atoms with E-state index < -0.39 is 6.61 Å². The number of guanidine groups is 1. The Bertz CT molecular complexity index is 694. The van der Waals surface area contributed by atoms with Crippen molar-refractivity contribution >= 4 is 17.3 Å². The van der Waals surface area contributed by atoms with E-state index in [2.05, 4.69) is 20.4 Å². The molecule has 5 nitrogen and oxygen atoms in total. The van der Waals surface area contributed by atoms with Gasteiger partial charge in [-0.25, -0.2) is 0 Å². The summed E-state index contributed by atoms with van der Waals surface area (Å²) < 4.78 is 35.5. The van der Waals surface area contributed by atoms with Gasteiger partial charge in [0, 0.05) is 30.1 Å². The van der Waals surface area contributed by atoms with Crippen LogP contribution in [0.25, 0.3) is 0 Å². The predicted molar refractivity (Wildman–Crippen MR) is 100 cm³/mol. The Morgan fingerprint density at radius 2 is 2.04 bits per heavy atom. The first-order chi connectivity index (χ1) is 12.6. The van der Waals surface area contributed by atoms with Crippen LogP contribution in [-0.4, -0.2) is 26.2 Å². The van der Waals surface area contributed by atoms with E-state index in [1.54, 1.807) is 30.5 Å². The lowest BCUT2D eigenvalue weighted by Gasteiger charge is -2.15. The lowest BCUT2D eigenvalue weighted by atomic mass is 10.2. The highest BCUT2D eigenvalue weighted by atomic mass is 32.1. The molecule has 0 atom stereocenters. The first-order valence-corrected chi connectivity index (χ1v) is 9.17. The van der Waals surface area contributed by atoms with Crippen LogP contribution in [0.1, 0.15) is 23.8 Å². The molecule has 0 aliphatic carbocycles. The Morgan fingerprint density at radius 3 is 2.69 bits per heavy atom. The lowest BCUT2D eigenvalue weighted by molar-refractivity contribution is -0.0505. The van der Waals surface area contributed by atoms with Crippen LogP contribution in [0.3, 0.4) is 0 Å². The number of alkyl halides is 2. The van der Waals surface area contributed by atoms with Crippen molar-refractivity contribution in [1.29, 1.82) is 0 Å². The number of benzene rings is 1. The average molecular weight is 383 g/mol. The van der Waals surface area contributed by atoms with Gasteiger partial charge in [0.05, 0.1) is 13.2 Å². The minimum Gasteiger partial charge on any atom is -0.493 e. The monoisotopic (exact) mass is 383 g/mol. The van der Waals surface area contributed by atoms with Crippen molar-refractivity contribution in [2.24, 2.45) is 4.99 Å². The van der Waals surface area contributed by atoms with Crippen molar-refractivity contribution in [1.82, 2.24) is 10.6 Å². The molecule has 0 bridgehead atoms. The maximum atomic E-state index is 12.7. The maximum absolute atomic E-state index is 12.7. The average Bonchev–Trinajstić information content (AvgIpc) is 3.14. The Labute approximate surface area is 156 Å². The Hall–Kier alpha value is -2.35. The molecule has 8 heteroatoms. The molecule has 0 unspecified atom stereocenters. The van der Waals surface area contributed by atoms with Crippen LogP contribution in [0.15, 0.2) is 40.7 Å². The third-order valence-electron chi connectivity index (χ3n) is 3.41. The van der Waals surface area contributed by atoms with Crippen molar-refractivity contribution in [2.45, 2.75) is 33.0 Å². The Balaban J connectivity index is 1.99. The SMILES string of the molecule is CCCOc1ccc(CNC(=NC)NCc2cccs2)c(OC(F)F)c1. The standard InChI is InChI=1S/C18H23F2N3O2S/c1-3-8-24-14-7-6-13(16(10-14)25-17(19)20)11-22-18(21-2)23-12-15-5-4-9-26-15/h4-7,9-10,17H,3,8,11-12H2,1-2H3,(H2,21,22,23). The summed E-state index contributed by atoms with van der Waals surface area (Å²) in [6.45, 7) is 0.530. The second-order valence-corrected chi connectivity index (χ2v) is 6.39. The van der Waals surface area contributed by atoms with Gasteiger partial charge in [-0.2, -0.15) is 8.78 Å². The summed E-state index contributed by atoms with van der Waals surface area (Å²) in [5.74, 6) is 1.17. The molecule has 2 aromatic rings. The van der Waals surface area contributed by atoms with E-state index in [1.165, 1.54) is 10.9 Å². The second-order valence-electron chi connectivity index (χ2n) is 5.36. The number of hydrogen-bond acceptors (Lipinski definition) is 4. The quantitative estimate of drug-likeness (QED) is 0.508. The van der Waals surface area contributed by atoms with Gasteiger partial charge in [-0.1, -0.05) is 13.0 Å². The number of rotatable bonds is 9. The number of nitrogens with zero attached hydrogens (tertiary/aromatic N) is 1.